The van der Waals surface area contributed by atoms with Gasteiger partial charge in [-0.1, -0.05) is 6.07 Å². The summed E-state index contributed by atoms with van der Waals surface area (Å²) in [5.74, 6) is 0.689. The number of ether oxygens (including phenoxy) is 2. The van der Waals surface area contributed by atoms with Crippen LogP contribution in [0.3, 0.4) is 0 Å². The van der Waals surface area contributed by atoms with Crippen molar-refractivity contribution in [3.8, 4) is 5.75 Å². The van der Waals surface area contributed by atoms with Crippen LogP contribution in [0, 0.1) is 0 Å². The van der Waals surface area contributed by atoms with Gasteiger partial charge in [0.2, 0.25) is 0 Å². The number of halogens is 1. The lowest BCUT2D eigenvalue weighted by Gasteiger charge is -2.14. The molecule has 2 aliphatic rings. The second-order valence-electron chi connectivity index (χ2n) is 5.64. The number of hydrogen-bond donors (Lipinski definition) is 2. The maximum absolute atomic E-state index is 12.2. The van der Waals surface area contributed by atoms with Crippen LogP contribution in [0.4, 0.5) is 0 Å². The quantitative estimate of drug-likeness (QED) is 0.865. The zero-order valence-electron chi connectivity index (χ0n) is 12.5. The summed E-state index contributed by atoms with van der Waals surface area (Å²) in [5, 5.41) is 6.28. The molecule has 0 aliphatic carbocycles. The normalized spacial score (nSPS) is 23.8. The minimum atomic E-state index is -0.0359. The summed E-state index contributed by atoms with van der Waals surface area (Å²) in [5.41, 5.74) is 0.645. The van der Waals surface area contributed by atoms with E-state index in [0.717, 1.165) is 44.7 Å². The van der Waals surface area contributed by atoms with E-state index in [9.17, 15) is 4.79 Å². The molecular formula is C16H23ClN2O3. The molecular weight excluding hydrogens is 304 g/mol. The van der Waals surface area contributed by atoms with Gasteiger partial charge in [0.1, 0.15) is 12.4 Å². The third-order valence-corrected chi connectivity index (χ3v) is 3.95. The third-order valence-electron chi connectivity index (χ3n) is 3.95. The van der Waals surface area contributed by atoms with Crippen LogP contribution in [-0.2, 0) is 4.74 Å². The molecule has 122 valence electrons. The Bertz CT molecular complexity index is 486. The molecule has 2 saturated heterocycles. The number of nitrogens with one attached hydrogen (secondary N) is 2. The Labute approximate surface area is 137 Å². The van der Waals surface area contributed by atoms with Gasteiger partial charge in [0.25, 0.3) is 5.91 Å². The van der Waals surface area contributed by atoms with Crippen molar-refractivity contribution >= 4 is 18.3 Å². The van der Waals surface area contributed by atoms with E-state index in [4.69, 9.17) is 9.47 Å². The Balaban J connectivity index is 0.00000176. The molecule has 2 unspecified atom stereocenters. The van der Waals surface area contributed by atoms with E-state index in [2.05, 4.69) is 10.6 Å². The molecule has 2 atom stereocenters. The Kier molecular flexibility index (Phi) is 6.49. The summed E-state index contributed by atoms with van der Waals surface area (Å²) in [6.07, 6.45) is 3.33. The van der Waals surface area contributed by atoms with Crippen LogP contribution >= 0.6 is 12.4 Å². The van der Waals surface area contributed by atoms with Crippen molar-refractivity contribution in [3.63, 3.8) is 0 Å². The molecule has 0 radical (unpaired) electrons. The standard InChI is InChI=1S/C16H22N2O3.ClH/c19-16(18-13-6-7-17-10-13)12-3-1-4-14(9-12)21-11-15-5-2-8-20-15;/h1,3-4,9,13,15,17H,2,5-8,10-11H2,(H,18,19);1H. The van der Waals surface area contributed by atoms with Crippen LogP contribution in [0.5, 0.6) is 5.75 Å². The van der Waals surface area contributed by atoms with E-state index >= 15 is 0 Å². The van der Waals surface area contributed by atoms with Gasteiger partial charge in [-0.05, 0) is 44.0 Å². The lowest BCUT2D eigenvalue weighted by atomic mass is 10.1. The molecule has 1 aromatic carbocycles. The topological polar surface area (TPSA) is 59.6 Å². The molecule has 2 aliphatic heterocycles. The molecule has 0 aromatic heterocycles. The zero-order chi connectivity index (χ0) is 14.5. The van der Waals surface area contributed by atoms with Gasteiger partial charge in [-0.2, -0.15) is 0 Å². The first-order chi connectivity index (χ1) is 10.3. The SMILES string of the molecule is Cl.O=C(NC1CCNC1)c1cccc(OCC2CCCO2)c1. The molecule has 0 bridgehead atoms. The van der Waals surface area contributed by atoms with E-state index in [1.807, 2.05) is 18.2 Å². The highest BCUT2D eigenvalue weighted by atomic mass is 35.5. The molecule has 0 spiro atoms. The van der Waals surface area contributed by atoms with Crippen LogP contribution in [0.25, 0.3) is 0 Å². The highest BCUT2D eigenvalue weighted by Crippen LogP contribution is 2.17. The van der Waals surface area contributed by atoms with E-state index in [1.165, 1.54) is 0 Å². The number of rotatable bonds is 5. The van der Waals surface area contributed by atoms with E-state index < -0.39 is 0 Å². The summed E-state index contributed by atoms with van der Waals surface area (Å²) in [7, 11) is 0. The second-order valence-corrected chi connectivity index (χ2v) is 5.64. The number of hydrogen-bond acceptors (Lipinski definition) is 4. The van der Waals surface area contributed by atoms with Gasteiger partial charge in [-0.25, -0.2) is 0 Å². The van der Waals surface area contributed by atoms with Crippen molar-refractivity contribution in [1.82, 2.24) is 10.6 Å². The van der Waals surface area contributed by atoms with Crippen molar-refractivity contribution < 1.29 is 14.3 Å². The summed E-state index contributed by atoms with van der Waals surface area (Å²) in [4.78, 5) is 12.2. The van der Waals surface area contributed by atoms with Crippen molar-refractivity contribution in [2.45, 2.75) is 31.4 Å². The Hall–Kier alpha value is -1.30. The Morgan fingerprint density at radius 1 is 1.41 bits per heavy atom. The number of carbonyl (C=O) groups excluding carboxylic acids is 1. The van der Waals surface area contributed by atoms with Gasteiger partial charge >= 0.3 is 0 Å². The Morgan fingerprint density at radius 2 is 2.32 bits per heavy atom. The predicted octanol–water partition coefficient (Wildman–Crippen LogP) is 1.76. The predicted molar refractivity (Wildman–Crippen MR) is 86.9 cm³/mol. The van der Waals surface area contributed by atoms with Crippen LogP contribution < -0.4 is 15.4 Å². The molecule has 5 nitrogen and oxygen atoms in total. The average molecular weight is 327 g/mol. The van der Waals surface area contributed by atoms with Crippen LogP contribution in [0.15, 0.2) is 24.3 Å². The average Bonchev–Trinajstić information content (AvgIpc) is 3.19. The first-order valence-electron chi connectivity index (χ1n) is 7.67. The summed E-state index contributed by atoms with van der Waals surface area (Å²) in [6.45, 7) is 3.19. The third kappa shape index (κ3) is 4.60. The molecule has 2 heterocycles. The molecule has 1 amide bonds. The van der Waals surface area contributed by atoms with Gasteiger partial charge in [-0.15, -0.1) is 12.4 Å². The van der Waals surface area contributed by atoms with Gasteiger partial charge in [-0.3, -0.25) is 4.79 Å². The van der Waals surface area contributed by atoms with Crippen LogP contribution in [-0.4, -0.2) is 44.4 Å². The largest absolute Gasteiger partial charge is 0.491 e. The number of carbonyl (C=O) groups is 1. The number of amides is 1. The summed E-state index contributed by atoms with van der Waals surface area (Å²) < 4.78 is 11.3. The maximum atomic E-state index is 12.2. The molecule has 6 heteroatoms. The van der Waals surface area contributed by atoms with Crippen molar-refractivity contribution in [2.75, 3.05) is 26.3 Å². The fourth-order valence-electron chi connectivity index (χ4n) is 2.74. The minimum Gasteiger partial charge on any atom is -0.491 e. The number of benzene rings is 1. The van der Waals surface area contributed by atoms with Gasteiger partial charge in [0.15, 0.2) is 0 Å². The van der Waals surface area contributed by atoms with Crippen LogP contribution in [0.2, 0.25) is 0 Å². The molecule has 1 aromatic rings. The minimum absolute atomic E-state index is 0. The zero-order valence-corrected chi connectivity index (χ0v) is 13.4. The highest BCUT2D eigenvalue weighted by molar-refractivity contribution is 5.94. The lowest BCUT2D eigenvalue weighted by Crippen LogP contribution is -2.36. The summed E-state index contributed by atoms with van der Waals surface area (Å²) >= 11 is 0. The smallest absolute Gasteiger partial charge is 0.251 e. The lowest BCUT2D eigenvalue weighted by molar-refractivity contribution is 0.0679. The van der Waals surface area contributed by atoms with Crippen molar-refractivity contribution in [1.29, 1.82) is 0 Å². The summed E-state index contributed by atoms with van der Waals surface area (Å²) in [6, 6.07) is 7.58. The van der Waals surface area contributed by atoms with Crippen molar-refractivity contribution in [3.05, 3.63) is 29.8 Å². The monoisotopic (exact) mass is 326 g/mol. The van der Waals surface area contributed by atoms with Gasteiger partial charge in [0, 0.05) is 24.8 Å². The van der Waals surface area contributed by atoms with E-state index in [-0.39, 0.29) is 30.5 Å². The maximum Gasteiger partial charge on any atom is 0.251 e. The molecule has 3 rings (SSSR count). The molecule has 22 heavy (non-hydrogen) atoms. The van der Waals surface area contributed by atoms with Gasteiger partial charge < -0.3 is 20.1 Å². The molecule has 2 fully saturated rings. The highest BCUT2D eigenvalue weighted by Gasteiger charge is 2.18. The van der Waals surface area contributed by atoms with E-state index in [0.29, 0.717) is 12.2 Å². The fraction of sp³-hybridized carbons (Fsp3) is 0.562. The molecule has 0 saturated carbocycles. The first kappa shape index (κ1) is 17.1. The second kappa shape index (κ2) is 8.36. The molecule has 2 N–H and O–H groups in total. The van der Waals surface area contributed by atoms with E-state index in [1.54, 1.807) is 6.07 Å². The Morgan fingerprint density at radius 3 is 3.05 bits per heavy atom. The van der Waals surface area contributed by atoms with Crippen molar-refractivity contribution in [2.24, 2.45) is 0 Å². The first-order valence-corrected chi connectivity index (χ1v) is 7.67. The van der Waals surface area contributed by atoms with Crippen LogP contribution in [0.1, 0.15) is 29.6 Å². The fourth-order valence-corrected chi connectivity index (χ4v) is 2.74. The van der Waals surface area contributed by atoms with Gasteiger partial charge in [0.05, 0.1) is 6.10 Å².